The fourth-order valence-corrected chi connectivity index (χ4v) is 5.77. The molecule has 0 aliphatic carbocycles. The van der Waals surface area contributed by atoms with Gasteiger partial charge in [0.05, 0.1) is 23.3 Å². The molecule has 0 aliphatic heterocycles. The summed E-state index contributed by atoms with van der Waals surface area (Å²) in [5, 5.41) is 23.9. The fraction of sp³-hybridized carbons (Fsp3) is 0.222. The minimum absolute atomic E-state index is 0.0862. The molecular weight excluding hydrogens is 460 g/mol. The third-order valence-corrected chi connectivity index (χ3v) is 8.11. The van der Waals surface area contributed by atoms with Gasteiger partial charge < -0.3 is 0 Å². The summed E-state index contributed by atoms with van der Waals surface area (Å²) in [5.74, 6) is 0. The molecule has 38 heavy (non-hydrogen) atoms. The summed E-state index contributed by atoms with van der Waals surface area (Å²) < 4.78 is 0. The second-order valence-electron chi connectivity index (χ2n) is 11.5. The van der Waals surface area contributed by atoms with Crippen LogP contribution in [0.25, 0.3) is 32.7 Å². The smallest absolute Gasteiger partial charge is 0.0998 e. The van der Waals surface area contributed by atoms with Crippen LogP contribution in [0.15, 0.2) is 97.1 Å². The molecule has 2 nitrogen and oxygen atoms in total. The van der Waals surface area contributed by atoms with Crippen LogP contribution in [0.4, 0.5) is 0 Å². The maximum Gasteiger partial charge on any atom is 0.0998 e. The van der Waals surface area contributed by atoms with Crippen LogP contribution in [0, 0.1) is 22.7 Å². The summed E-state index contributed by atoms with van der Waals surface area (Å²) in [6.45, 7) is 9.24. The monoisotopic (exact) mass is 492 g/mol. The van der Waals surface area contributed by atoms with Gasteiger partial charge in [-0.2, -0.15) is 10.5 Å². The average molecular weight is 493 g/mol. The van der Waals surface area contributed by atoms with E-state index < -0.39 is 0 Å². The normalized spacial score (nSPS) is 11.8. The van der Waals surface area contributed by atoms with Crippen molar-refractivity contribution in [2.24, 2.45) is 0 Å². The molecule has 0 heterocycles. The zero-order chi connectivity index (χ0) is 26.9. The molecule has 0 radical (unpaired) electrons. The molecule has 5 aromatic carbocycles. The molecule has 0 aromatic heterocycles. The van der Waals surface area contributed by atoms with Gasteiger partial charge in [-0.15, -0.1) is 0 Å². The van der Waals surface area contributed by atoms with Gasteiger partial charge in [0, 0.05) is 0 Å². The minimum Gasteiger partial charge on any atom is -0.192 e. The molecule has 0 aliphatic rings. The molecule has 5 aromatic rings. The predicted octanol–water partition coefficient (Wildman–Crippen LogP) is 9.44. The Balaban J connectivity index is 1.54. The standard InChI is InChI=1S/C36H32N2/c1-35(2,33-19-17-27(24-38)29-13-7-8-14-31(29)33)20-21-36(3,4)34-18-16-25(23-37)22-32(34)30-15-9-11-26-10-5-6-12-28(26)30/h5-19,22H,20-21H2,1-4H3. The van der Waals surface area contributed by atoms with Gasteiger partial charge >= 0.3 is 0 Å². The maximum atomic E-state index is 9.71. The lowest BCUT2D eigenvalue weighted by molar-refractivity contribution is 0.377. The van der Waals surface area contributed by atoms with Crippen LogP contribution in [0.1, 0.15) is 62.8 Å². The van der Waals surface area contributed by atoms with Crippen molar-refractivity contribution in [2.75, 3.05) is 0 Å². The quantitative estimate of drug-likeness (QED) is 0.237. The first-order valence-corrected chi connectivity index (χ1v) is 13.2. The first-order chi connectivity index (χ1) is 18.2. The van der Waals surface area contributed by atoms with Crippen LogP contribution in [-0.2, 0) is 10.8 Å². The van der Waals surface area contributed by atoms with Gasteiger partial charge in [0.2, 0.25) is 0 Å². The fourth-order valence-electron chi connectivity index (χ4n) is 5.77. The van der Waals surface area contributed by atoms with Crippen molar-refractivity contribution in [3.05, 3.63) is 119 Å². The summed E-state index contributed by atoms with van der Waals surface area (Å²) >= 11 is 0. The zero-order valence-electron chi connectivity index (χ0n) is 22.5. The predicted molar refractivity (Wildman–Crippen MR) is 158 cm³/mol. The van der Waals surface area contributed by atoms with Gasteiger partial charge in [0.1, 0.15) is 0 Å². The topological polar surface area (TPSA) is 47.6 Å². The van der Waals surface area contributed by atoms with Gasteiger partial charge in [0.25, 0.3) is 0 Å². The largest absolute Gasteiger partial charge is 0.192 e. The molecule has 0 saturated carbocycles. The van der Waals surface area contributed by atoms with Crippen LogP contribution >= 0.6 is 0 Å². The van der Waals surface area contributed by atoms with Crippen LogP contribution in [0.5, 0.6) is 0 Å². The van der Waals surface area contributed by atoms with Crippen LogP contribution < -0.4 is 0 Å². The number of benzene rings is 5. The molecule has 0 N–H and O–H groups in total. The summed E-state index contributed by atoms with van der Waals surface area (Å²) in [6, 6.07) is 38.1. The van der Waals surface area contributed by atoms with Crippen molar-refractivity contribution >= 4 is 21.5 Å². The van der Waals surface area contributed by atoms with E-state index in [9.17, 15) is 10.5 Å². The Bertz CT molecular complexity index is 1740. The average Bonchev–Trinajstić information content (AvgIpc) is 2.95. The highest BCUT2D eigenvalue weighted by molar-refractivity contribution is 5.97. The first kappa shape index (κ1) is 25.3. The Morgan fingerprint density at radius 2 is 1.16 bits per heavy atom. The van der Waals surface area contributed by atoms with Crippen molar-refractivity contribution < 1.29 is 0 Å². The number of fused-ring (bicyclic) bond motifs is 2. The molecule has 0 spiro atoms. The van der Waals surface area contributed by atoms with E-state index in [1.165, 1.54) is 27.5 Å². The Morgan fingerprint density at radius 1 is 0.553 bits per heavy atom. The highest BCUT2D eigenvalue weighted by Gasteiger charge is 2.30. The zero-order valence-corrected chi connectivity index (χ0v) is 22.5. The number of hydrogen-bond acceptors (Lipinski definition) is 2. The SMILES string of the molecule is CC(C)(CCC(C)(C)c1ccc(C#N)c2ccccc12)c1ccc(C#N)cc1-c1cccc2ccccc12. The van der Waals surface area contributed by atoms with Gasteiger partial charge in [-0.1, -0.05) is 107 Å². The number of hydrogen-bond donors (Lipinski definition) is 0. The molecule has 2 heteroatoms. The highest BCUT2D eigenvalue weighted by Crippen LogP contribution is 2.43. The Labute approximate surface area is 225 Å². The Morgan fingerprint density at radius 3 is 1.87 bits per heavy atom. The van der Waals surface area contributed by atoms with E-state index >= 15 is 0 Å². The number of nitrogens with zero attached hydrogens (tertiary/aromatic N) is 2. The second-order valence-corrected chi connectivity index (χ2v) is 11.5. The lowest BCUT2D eigenvalue weighted by Crippen LogP contribution is -2.25. The van der Waals surface area contributed by atoms with Gasteiger partial charge in [-0.05, 0) is 85.7 Å². The molecule has 0 amide bonds. The van der Waals surface area contributed by atoms with Gasteiger partial charge in [0.15, 0.2) is 0 Å². The minimum atomic E-state index is -0.125. The third-order valence-electron chi connectivity index (χ3n) is 8.11. The lowest BCUT2D eigenvalue weighted by Gasteiger charge is -2.34. The molecule has 0 saturated heterocycles. The van der Waals surface area contributed by atoms with Crippen molar-refractivity contribution in [1.29, 1.82) is 10.5 Å². The lowest BCUT2D eigenvalue weighted by atomic mass is 9.70. The van der Waals surface area contributed by atoms with E-state index in [2.05, 4.69) is 113 Å². The number of rotatable bonds is 6. The number of nitriles is 2. The van der Waals surface area contributed by atoms with Crippen LogP contribution in [0.3, 0.4) is 0 Å². The second kappa shape index (κ2) is 9.81. The van der Waals surface area contributed by atoms with Crippen molar-refractivity contribution in [3.8, 4) is 23.3 Å². The molecule has 0 bridgehead atoms. The van der Waals surface area contributed by atoms with E-state index in [1.54, 1.807) is 0 Å². The molecule has 5 rings (SSSR count). The van der Waals surface area contributed by atoms with Crippen molar-refractivity contribution in [2.45, 2.75) is 51.4 Å². The summed E-state index contributed by atoms with van der Waals surface area (Å²) in [6.07, 6.45) is 1.95. The Hall–Kier alpha value is -4.40. The van der Waals surface area contributed by atoms with E-state index in [4.69, 9.17) is 0 Å². The summed E-state index contributed by atoms with van der Waals surface area (Å²) in [7, 11) is 0. The van der Waals surface area contributed by atoms with Crippen LogP contribution in [-0.4, -0.2) is 0 Å². The highest BCUT2D eigenvalue weighted by atomic mass is 14.3. The first-order valence-electron chi connectivity index (χ1n) is 13.2. The van der Waals surface area contributed by atoms with Crippen molar-refractivity contribution in [1.82, 2.24) is 0 Å². The third kappa shape index (κ3) is 4.55. The molecule has 0 fully saturated rings. The maximum absolute atomic E-state index is 9.71. The molecule has 0 unspecified atom stereocenters. The molecule has 186 valence electrons. The summed E-state index contributed by atoms with van der Waals surface area (Å²) in [5.41, 5.74) is 6.02. The van der Waals surface area contributed by atoms with E-state index in [1.807, 2.05) is 24.3 Å². The van der Waals surface area contributed by atoms with E-state index in [0.29, 0.717) is 5.56 Å². The Kier molecular flexibility index (Phi) is 6.52. The van der Waals surface area contributed by atoms with E-state index in [0.717, 1.165) is 34.7 Å². The molecular formula is C36H32N2. The molecule has 0 atom stereocenters. The van der Waals surface area contributed by atoms with Crippen molar-refractivity contribution in [3.63, 3.8) is 0 Å². The van der Waals surface area contributed by atoms with E-state index in [-0.39, 0.29) is 10.8 Å². The van der Waals surface area contributed by atoms with Crippen LogP contribution in [0.2, 0.25) is 0 Å². The van der Waals surface area contributed by atoms with Gasteiger partial charge in [-0.25, -0.2) is 0 Å². The summed E-state index contributed by atoms with van der Waals surface area (Å²) in [4.78, 5) is 0. The van der Waals surface area contributed by atoms with Gasteiger partial charge in [-0.3, -0.25) is 0 Å².